The van der Waals surface area contributed by atoms with Crippen molar-refractivity contribution in [3.05, 3.63) is 17.5 Å². The molecule has 56 valence electrons. The third-order valence-corrected chi connectivity index (χ3v) is 1.22. The van der Waals surface area contributed by atoms with Gasteiger partial charge in [-0.15, -0.1) is 0 Å². The van der Waals surface area contributed by atoms with Gasteiger partial charge in [-0.25, -0.2) is 0 Å². The molecule has 1 unspecified atom stereocenters. The van der Waals surface area contributed by atoms with E-state index in [0.717, 1.165) is 0 Å². The summed E-state index contributed by atoms with van der Waals surface area (Å²) >= 11 is 0. The van der Waals surface area contributed by atoms with Gasteiger partial charge in [0.05, 0.1) is 12.6 Å². The summed E-state index contributed by atoms with van der Waals surface area (Å²) in [5, 5.41) is 12.2. The second-order valence-corrected chi connectivity index (χ2v) is 2.15. The zero-order valence-corrected chi connectivity index (χ0v) is 5.74. The minimum absolute atomic E-state index is 0.105. The van der Waals surface area contributed by atoms with Crippen LogP contribution >= 0.6 is 0 Å². The van der Waals surface area contributed by atoms with E-state index in [1.165, 1.54) is 0 Å². The Labute approximate surface area is 58.6 Å². The minimum Gasteiger partial charge on any atom is -0.394 e. The van der Waals surface area contributed by atoms with Crippen molar-refractivity contribution >= 4 is 0 Å². The van der Waals surface area contributed by atoms with Crippen molar-refractivity contribution in [2.45, 2.75) is 13.0 Å². The van der Waals surface area contributed by atoms with Crippen molar-refractivity contribution in [1.29, 1.82) is 0 Å². The SMILES string of the molecule is Cc1cc(C(N)CO)no1. The Morgan fingerprint density at radius 1 is 1.90 bits per heavy atom. The number of aromatic nitrogens is 1. The van der Waals surface area contributed by atoms with Gasteiger partial charge in [0.25, 0.3) is 0 Å². The molecular weight excluding hydrogens is 132 g/mol. The first-order valence-corrected chi connectivity index (χ1v) is 3.03. The molecule has 0 aliphatic rings. The van der Waals surface area contributed by atoms with Crippen molar-refractivity contribution in [3.8, 4) is 0 Å². The van der Waals surface area contributed by atoms with Crippen LogP contribution in [0.2, 0.25) is 0 Å². The van der Waals surface area contributed by atoms with Crippen LogP contribution < -0.4 is 5.73 Å². The summed E-state index contributed by atoms with van der Waals surface area (Å²) in [7, 11) is 0. The molecule has 0 fully saturated rings. The first-order valence-electron chi connectivity index (χ1n) is 3.03. The van der Waals surface area contributed by atoms with Gasteiger partial charge in [-0.3, -0.25) is 0 Å². The molecule has 0 saturated heterocycles. The van der Waals surface area contributed by atoms with E-state index in [0.29, 0.717) is 11.5 Å². The normalized spacial score (nSPS) is 13.5. The lowest BCUT2D eigenvalue weighted by Crippen LogP contribution is -2.14. The molecule has 0 bridgehead atoms. The van der Waals surface area contributed by atoms with Crippen LogP contribution in [-0.4, -0.2) is 16.9 Å². The Balaban J connectivity index is 2.74. The Morgan fingerprint density at radius 3 is 3.00 bits per heavy atom. The predicted octanol–water partition coefficient (Wildman–Crippen LogP) is -0.0249. The van der Waals surface area contributed by atoms with Gasteiger partial charge in [0, 0.05) is 6.07 Å². The molecule has 0 saturated carbocycles. The van der Waals surface area contributed by atoms with E-state index in [1.807, 2.05) is 0 Å². The molecule has 0 aromatic carbocycles. The zero-order valence-electron chi connectivity index (χ0n) is 5.74. The molecule has 10 heavy (non-hydrogen) atoms. The van der Waals surface area contributed by atoms with Crippen molar-refractivity contribution in [1.82, 2.24) is 5.16 Å². The van der Waals surface area contributed by atoms with Gasteiger partial charge in [0.1, 0.15) is 11.5 Å². The number of nitrogens with two attached hydrogens (primary N) is 1. The van der Waals surface area contributed by atoms with Crippen LogP contribution in [0.1, 0.15) is 17.5 Å². The predicted molar refractivity (Wildman–Crippen MR) is 35.3 cm³/mol. The fourth-order valence-corrected chi connectivity index (χ4v) is 0.654. The average molecular weight is 142 g/mol. The highest BCUT2D eigenvalue weighted by atomic mass is 16.5. The molecule has 1 atom stereocenters. The van der Waals surface area contributed by atoms with Crippen LogP contribution in [-0.2, 0) is 0 Å². The molecule has 1 heterocycles. The van der Waals surface area contributed by atoms with Crippen LogP contribution in [0.3, 0.4) is 0 Å². The molecule has 1 aromatic rings. The average Bonchev–Trinajstić information content (AvgIpc) is 2.34. The third-order valence-electron chi connectivity index (χ3n) is 1.22. The highest BCUT2D eigenvalue weighted by Crippen LogP contribution is 2.08. The second kappa shape index (κ2) is 2.81. The van der Waals surface area contributed by atoms with Gasteiger partial charge in [-0.2, -0.15) is 0 Å². The summed E-state index contributed by atoms with van der Waals surface area (Å²) in [4.78, 5) is 0. The summed E-state index contributed by atoms with van der Waals surface area (Å²) < 4.78 is 4.75. The van der Waals surface area contributed by atoms with Crippen LogP contribution in [0, 0.1) is 6.92 Å². The molecular formula is C6H10N2O2. The fourth-order valence-electron chi connectivity index (χ4n) is 0.654. The van der Waals surface area contributed by atoms with Crippen molar-refractivity contribution in [2.24, 2.45) is 5.73 Å². The number of aryl methyl sites for hydroxylation is 1. The molecule has 0 radical (unpaired) electrons. The van der Waals surface area contributed by atoms with E-state index in [2.05, 4.69) is 5.16 Å². The van der Waals surface area contributed by atoms with Crippen LogP contribution in [0.4, 0.5) is 0 Å². The maximum Gasteiger partial charge on any atom is 0.133 e. The number of hydrogen-bond acceptors (Lipinski definition) is 4. The molecule has 0 spiro atoms. The van der Waals surface area contributed by atoms with Crippen molar-refractivity contribution in [3.63, 3.8) is 0 Å². The zero-order chi connectivity index (χ0) is 7.56. The molecule has 4 nitrogen and oxygen atoms in total. The van der Waals surface area contributed by atoms with Crippen LogP contribution in [0.25, 0.3) is 0 Å². The van der Waals surface area contributed by atoms with Gasteiger partial charge in [-0.05, 0) is 6.92 Å². The van der Waals surface area contributed by atoms with E-state index >= 15 is 0 Å². The number of aliphatic hydroxyl groups excluding tert-OH is 1. The number of nitrogens with zero attached hydrogens (tertiary/aromatic N) is 1. The van der Waals surface area contributed by atoms with Gasteiger partial charge in [0.2, 0.25) is 0 Å². The number of hydrogen-bond donors (Lipinski definition) is 2. The highest BCUT2D eigenvalue weighted by Gasteiger charge is 2.07. The molecule has 1 rings (SSSR count). The van der Waals surface area contributed by atoms with E-state index in [4.69, 9.17) is 15.4 Å². The third kappa shape index (κ3) is 1.34. The Morgan fingerprint density at radius 2 is 2.60 bits per heavy atom. The standard InChI is InChI=1S/C6H10N2O2/c1-4-2-6(8-10-4)5(7)3-9/h2,5,9H,3,7H2,1H3. The molecule has 3 N–H and O–H groups in total. The van der Waals surface area contributed by atoms with Crippen molar-refractivity contribution in [2.75, 3.05) is 6.61 Å². The molecule has 4 heteroatoms. The molecule has 1 aromatic heterocycles. The topological polar surface area (TPSA) is 72.3 Å². The summed E-state index contributed by atoms with van der Waals surface area (Å²) in [5.74, 6) is 0.707. The lowest BCUT2D eigenvalue weighted by atomic mass is 10.2. The largest absolute Gasteiger partial charge is 0.394 e. The second-order valence-electron chi connectivity index (χ2n) is 2.15. The lowest BCUT2D eigenvalue weighted by Gasteiger charge is -1.99. The maximum absolute atomic E-state index is 8.59. The summed E-state index contributed by atoms with van der Waals surface area (Å²) in [6.07, 6.45) is 0. The summed E-state index contributed by atoms with van der Waals surface area (Å²) in [5.41, 5.74) is 6.03. The summed E-state index contributed by atoms with van der Waals surface area (Å²) in [6.45, 7) is 1.67. The number of rotatable bonds is 2. The van der Waals surface area contributed by atoms with Crippen LogP contribution in [0.5, 0.6) is 0 Å². The highest BCUT2D eigenvalue weighted by molar-refractivity contribution is 5.07. The van der Waals surface area contributed by atoms with Gasteiger partial charge in [-0.1, -0.05) is 5.16 Å². The van der Waals surface area contributed by atoms with Gasteiger partial charge < -0.3 is 15.4 Å². The fraction of sp³-hybridized carbons (Fsp3) is 0.500. The van der Waals surface area contributed by atoms with E-state index in [-0.39, 0.29) is 6.61 Å². The van der Waals surface area contributed by atoms with E-state index in [1.54, 1.807) is 13.0 Å². The quantitative estimate of drug-likeness (QED) is 0.608. The van der Waals surface area contributed by atoms with Gasteiger partial charge in [0.15, 0.2) is 0 Å². The Kier molecular flexibility index (Phi) is 2.03. The minimum atomic E-state index is -0.419. The monoisotopic (exact) mass is 142 g/mol. The Bertz CT molecular complexity index is 209. The first-order chi connectivity index (χ1) is 4.74. The van der Waals surface area contributed by atoms with Crippen molar-refractivity contribution < 1.29 is 9.63 Å². The maximum atomic E-state index is 8.59. The Hall–Kier alpha value is -0.870. The summed E-state index contributed by atoms with van der Waals surface area (Å²) in [6, 6.07) is 1.29. The lowest BCUT2D eigenvalue weighted by molar-refractivity contribution is 0.261. The first kappa shape index (κ1) is 7.24. The van der Waals surface area contributed by atoms with Gasteiger partial charge >= 0.3 is 0 Å². The van der Waals surface area contributed by atoms with E-state index in [9.17, 15) is 0 Å². The molecule has 0 amide bonds. The molecule has 0 aliphatic carbocycles. The number of aliphatic hydroxyl groups is 1. The van der Waals surface area contributed by atoms with Crippen LogP contribution in [0.15, 0.2) is 10.6 Å². The van der Waals surface area contributed by atoms with E-state index < -0.39 is 6.04 Å². The molecule has 0 aliphatic heterocycles. The smallest absolute Gasteiger partial charge is 0.133 e.